The van der Waals surface area contributed by atoms with Crippen LogP contribution in [0.1, 0.15) is 28.9 Å². The highest BCUT2D eigenvalue weighted by Crippen LogP contribution is 2.29. The minimum Gasteiger partial charge on any atom is -0.396 e. The standard InChI is InChI=1S/C12H21N5O2S/c13-8-3-1-5-17(7-8)12-16-10(14)9(20-12)11(19)15-4-2-6-18/h8,18H,1-7,13-14H2,(H,15,19). The monoisotopic (exact) mass is 299 g/mol. The molecule has 0 aliphatic carbocycles. The summed E-state index contributed by atoms with van der Waals surface area (Å²) in [5, 5.41) is 12.2. The van der Waals surface area contributed by atoms with Gasteiger partial charge in [-0.3, -0.25) is 4.79 Å². The number of nitrogens with one attached hydrogen (secondary N) is 1. The van der Waals surface area contributed by atoms with E-state index in [9.17, 15) is 4.79 Å². The minimum absolute atomic E-state index is 0.0510. The highest BCUT2D eigenvalue weighted by molar-refractivity contribution is 7.18. The van der Waals surface area contributed by atoms with E-state index in [1.54, 1.807) is 0 Å². The number of anilines is 2. The Balaban J connectivity index is 2.03. The Morgan fingerprint density at radius 2 is 2.40 bits per heavy atom. The second-order valence-corrected chi connectivity index (χ2v) is 5.87. The van der Waals surface area contributed by atoms with E-state index in [-0.39, 0.29) is 24.4 Å². The number of thiazole rings is 1. The molecule has 0 aromatic carbocycles. The molecule has 0 bridgehead atoms. The Hall–Kier alpha value is -1.38. The molecule has 1 aromatic rings. The van der Waals surface area contributed by atoms with Gasteiger partial charge in [-0.25, -0.2) is 4.98 Å². The molecule has 1 atom stereocenters. The Morgan fingerprint density at radius 3 is 3.10 bits per heavy atom. The van der Waals surface area contributed by atoms with Gasteiger partial charge in [-0.2, -0.15) is 0 Å². The summed E-state index contributed by atoms with van der Waals surface area (Å²) in [6, 6.07) is 0.149. The molecule has 0 spiro atoms. The van der Waals surface area contributed by atoms with E-state index < -0.39 is 0 Å². The number of nitrogens with zero attached hydrogens (tertiary/aromatic N) is 2. The molecule has 1 aliphatic rings. The number of hydrogen-bond acceptors (Lipinski definition) is 7. The molecule has 112 valence electrons. The Morgan fingerprint density at radius 1 is 1.60 bits per heavy atom. The third kappa shape index (κ3) is 3.59. The normalized spacial score (nSPS) is 19.1. The average Bonchev–Trinajstić information content (AvgIpc) is 2.81. The van der Waals surface area contributed by atoms with Crippen LogP contribution >= 0.6 is 11.3 Å². The molecule has 1 fully saturated rings. The van der Waals surface area contributed by atoms with Crippen LogP contribution in [0.4, 0.5) is 10.9 Å². The molecular weight excluding hydrogens is 278 g/mol. The third-order valence-corrected chi connectivity index (χ3v) is 4.33. The van der Waals surface area contributed by atoms with Gasteiger partial charge in [0.25, 0.3) is 5.91 Å². The van der Waals surface area contributed by atoms with Crippen molar-refractivity contribution in [1.82, 2.24) is 10.3 Å². The number of nitrogens with two attached hydrogens (primary N) is 2. The van der Waals surface area contributed by atoms with Crippen LogP contribution in [0.3, 0.4) is 0 Å². The Bertz CT molecular complexity index is 465. The average molecular weight is 299 g/mol. The number of amides is 1. The first-order valence-electron chi connectivity index (χ1n) is 6.77. The summed E-state index contributed by atoms with van der Waals surface area (Å²) in [4.78, 5) is 18.7. The second kappa shape index (κ2) is 6.87. The molecule has 6 N–H and O–H groups in total. The van der Waals surface area contributed by atoms with Crippen LogP contribution in [0.5, 0.6) is 0 Å². The van der Waals surface area contributed by atoms with Crippen LogP contribution in [0.2, 0.25) is 0 Å². The number of rotatable bonds is 5. The Kier molecular flexibility index (Phi) is 5.16. The molecule has 20 heavy (non-hydrogen) atoms. The molecule has 1 saturated heterocycles. The molecule has 1 aromatic heterocycles. The van der Waals surface area contributed by atoms with Crippen molar-refractivity contribution >= 4 is 28.2 Å². The van der Waals surface area contributed by atoms with Crippen molar-refractivity contribution in [2.24, 2.45) is 5.73 Å². The van der Waals surface area contributed by atoms with E-state index in [4.69, 9.17) is 16.6 Å². The predicted molar refractivity (Wildman–Crippen MR) is 80.0 cm³/mol. The Labute approximate surface area is 122 Å². The number of hydrogen-bond donors (Lipinski definition) is 4. The third-order valence-electron chi connectivity index (χ3n) is 3.20. The molecule has 1 aliphatic heterocycles. The van der Waals surface area contributed by atoms with Crippen molar-refractivity contribution < 1.29 is 9.90 Å². The van der Waals surface area contributed by atoms with Gasteiger partial charge in [-0.1, -0.05) is 11.3 Å². The van der Waals surface area contributed by atoms with E-state index in [1.165, 1.54) is 11.3 Å². The number of piperidine rings is 1. The van der Waals surface area contributed by atoms with Crippen molar-refractivity contribution in [3.8, 4) is 0 Å². The fourth-order valence-electron chi connectivity index (χ4n) is 2.16. The first-order valence-corrected chi connectivity index (χ1v) is 7.59. The van der Waals surface area contributed by atoms with Crippen LogP contribution < -0.4 is 21.7 Å². The minimum atomic E-state index is -0.235. The maximum Gasteiger partial charge on any atom is 0.265 e. The molecule has 7 nitrogen and oxygen atoms in total. The molecule has 8 heteroatoms. The lowest BCUT2D eigenvalue weighted by molar-refractivity contribution is 0.0956. The maximum atomic E-state index is 12.0. The van der Waals surface area contributed by atoms with Gasteiger partial charge in [-0.15, -0.1) is 0 Å². The van der Waals surface area contributed by atoms with E-state index in [0.29, 0.717) is 17.8 Å². The van der Waals surface area contributed by atoms with Crippen LogP contribution in [-0.4, -0.2) is 48.3 Å². The van der Waals surface area contributed by atoms with E-state index in [0.717, 1.165) is 31.1 Å². The molecular formula is C12H21N5O2S. The maximum absolute atomic E-state index is 12.0. The van der Waals surface area contributed by atoms with Gasteiger partial charge in [0.2, 0.25) is 0 Å². The highest BCUT2D eigenvalue weighted by atomic mass is 32.1. The predicted octanol–water partition coefficient (Wildman–Crippen LogP) is -0.235. The van der Waals surface area contributed by atoms with Gasteiger partial charge in [0.05, 0.1) is 0 Å². The van der Waals surface area contributed by atoms with Crippen molar-refractivity contribution in [2.75, 3.05) is 36.9 Å². The van der Waals surface area contributed by atoms with Crippen LogP contribution in [0, 0.1) is 0 Å². The quantitative estimate of drug-likeness (QED) is 0.558. The molecule has 0 radical (unpaired) electrons. The topological polar surface area (TPSA) is 118 Å². The lowest BCUT2D eigenvalue weighted by Crippen LogP contribution is -2.42. The van der Waals surface area contributed by atoms with Crippen LogP contribution in [0.15, 0.2) is 0 Å². The van der Waals surface area contributed by atoms with E-state index in [1.807, 2.05) is 0 Å². The number of carbonyl (C=O) groups excluding carboxylic acids is 1. The zero-order valence-electron chi connectivity index (χ0n) is 11.3. The molecule has 1 amide bonds. The summed E-state index contributed by atoms with van der Waals surface area (Å²) in [6.45, 7) is 2.12. The number of nitrogen functional groups attached to an aromatic ring is 1. The first-order chi connectivity index (χ1) is 9.61. The van der Waals surface area contributed by atoms with Crippen molar-refractivity contribution in [3.05, 3.63) is 4.88 Å². The first kappa shape index (κ1) is 15.0. The van der Waals surface area contributed by atoms with Crippen molar-refractivity contribution in [1.29, 1.82) is 0 Å². The van der Waals surface area contributed by atoms with Gasteiger partial charge in [-0.05, 0) is 19.3 Å². The summed E-state index contributed by atoms with van der Waals surface area (Å²) in [7, 11) is 0. The van der Waals surface area contributed by atoms with Gasteiger partial charge in [0.1, 0.15) is 10.7 Å². The summed E-state index contributed by atoms with van der Waals surface area (Å²) < 4.78 is 0. The van der Waals surface area contributed by atoms with E-state index in [2.05, 4.69) is 15.2 Å². The van der Waals surface area contributed by atoms with Gasteiger partial charge in [0.15, 0.2) is 5.13 Å². The summed E-state index contributed by atoms with van der Waals surface area (Å²) in [6.07, 6.45) is 2.57. The summed E-state index contributed by atoms with van der Waals surface area (Å²) >= 11 is 1.29. The molecule has 1 unspecified atom stereocenters. The number of aromatic nitrogens is 1. The van der Waals surface area contributed by atoms with E-state index >= 15 is 0 Å². The van der Waals surface area contributed by atoms with Crippen molar-refractivity contribution in [2.45, 2.75) is 25.3 Å². The highest BCUT2D eigenvalue weighted by Gasteiger charge is 2.23. The van der Waals surface area contributed by atoms with Crippen LogP contribution in [-0.2, 0) is 0 Å². The number of carbonyl (C=O) groups is 1. The fraction of sp³-hybridized carbons (Fsp3) is 0.667. The number of aliphatic hydroxyl groups is 1. The van der Waals surface area contributed by atoms with Gasteiger partial charge < -0.3 is 26.8 Å². The summed E-state index contributed by atoms with van der Waals surface area (Å²) in [5.41, 5.74) is 11.8. The zero-order valence-corrected chi connectivity index (χ0v) is 12.2. The lowest BCUT2D eigenvalue weighted by Gasteiger charge is -2.30. The number of aliphatic hydroxyl groups excluding tert-OH is 1. The molecule has 0 saturated carbocycles. The largest absolute Gasteiger partial charge is 0.396 e. The van der Waals surface area contributed by atoms with Gasteiger partial charge >= 0.3 is 0 Å². The second-order valence-electron chi connectivity index (χ2n) is 4.89. The van der Waals surface area contributed by atoms with Gasteiger partial charge in [0, 0.05) is 32.3 Å². The smallest absolute Gasteiger partial charge is 0.265 e. The zero-order chi connectivity index (χ0) is 14.5. The lowest BCUT2D eigenvalue weighted by atomic mass is 10.1. The van der Waals surface area contributed by atoms with Crippen LogP contribution in [0.25, 0.3) is 0 Å². The van der Waals surface area contributed by atoms with Crippen molar-refractivity contribution in [3.63, 3.8) is 0 Å². The molecule has 2 heterocycles. The fourth-order valence-corrected chi connectivity index (χ4v) is 3.10. The summed E-state index contributed by atoms with van der Waals surface area (Å²) in [5.74, 6) is 0.0200. The SMILES string of the molecule is Nc1nc(N2CCCC(N)C2)sc1C(=O)NCCCO. The molecule has 2 rings (SSSR count).